The van der Waals surface area contributed by atoms with E-state index in [1.807, 2.05) is 32.9 Å². The first kappa shape index (κ1) is 21.3. The first-order valence-electron chi connectivity index (χ1n) is 8.71. The highest BCUT2D eigenvalue weighted by Crippen LogP contribution is 2.36. The first-order chi connectivity index (χ1) is 13.3. The average Bonchev–Trinajstić information content (AvgIpc) is 2.64. The van der Waals surface area contributed by atoms with Crippen LogP contribution in [0.25, 0.3) is 6.08 Å². The van der Waals surface area contributed by atoms with Gasteiger partial charge in [0.05, 0.1) is 18.7 Å². The lowest BCUT2D eigenvalue weighted by Gasteiger charge is -2.11. The van der Waals surface area contributed by atoms with Gasteiger partial charge < -0.3 is 9.47 Å². The van der Waals surface area contributed by atoms with Gasteiger partial charge in [-0.15, -0.1) is 0 Å². The number of amides is 2. The summed E-state index contributed by atoms with van der Waals surface area (Å²) in [5.41, 5.74) is 7.80. The Kier molecular flexibility index (Phi) is 7.46. The summed E-state index contributed by atoms with van der Waals surface area (Å²) in [7, 11) is 1.51. The Bertz CT molecular complexity index is 910. The molecule has 0 radical (unpaired) electrons. The van der Waals surface area contributed by atoms with Crippen molar-refractivity contribution in [1.82, 2.24) is 10.9 Å². The number of hydrogen-bond acceptors (Lipinski definition) is 4. The second kappa shape index (κ2) is 9.80. The van der Waals surface area contributed by atoms with E-state index in [1.165, 1.54) is 13.2 Å². The molecule has 0 unspecified atom stereocenters. The smallest absolute Gasteiger partial charge is 0.269 e. The fraction of sp³-hybridized carbons (Fsp3) is 0.238. The van der Waals surface area contributed by atoms with Crippen LogP contribution in [0.15, 0.2) is 36.4 Å². The van der Waals surface area contributed by atoms with Crippen LogP contribution in [0, 0.1) is 13.8 Å². The van der Waals surface area contributed by atoms with Gasteiger partial charge in [0, 0.05) is 11.6 Å². The minimum Gasteiger partial charge on any atom is -0.491 e. The molecule has 0 saturated heterocycles. The molecule has 2 N–H and O–H groups in total. The van der Waals surface area contributed by atoms with Crippen LogP contribution in [0.3, 0.4) is 0 Å². The molecule has 0 spiro atoms. The topological polar surface area (TPSA) is 76.7 Å². The van der Waals surface area contributed by atoms with Crippen LogP contribution in [0.1, 0.15) is 34.0 Å². The summed E-state index contributed by atoms with van der Waals surface area (Å²) in [6.45, 7) is 6.09. The average molecular weight is 403 g/mol. The second-order valence-corrected chi connectivity index (χ2v) is 6.47. The Morgan fingerprint density at radius 2 is 1.89 bits per heavy atom. The predicted molar refractivity (Wildman–Crippen MR) is 110 cm³/mol. The molecule has 6 nitrogen and oxygen atoms in total. The van der Waals surface area contributed by atoms with Crippen molar-refractivity contribution in [3.8, 4) is 11.5 Å². The molecule has 0 aliphatic heterocycles. The molecule has 0 heterocycles. The van der Waals surface area contributed by atoms with Crippen molar-refractivity contribution in [2.75, 3.05) is 13.7 Å². The number of carbonyl (C=O) groups is 2. The Labute approximate surface area is 169 Å². The summed E-state index contributed by atoms with van der Waals surface area (Å²) >= 11 is 6.19. The zero-order chi connectivity index (χ0) is 20.7. The van der Waals surface area contributed by atoms with E-state index in [1.54, 1.807) is 24.3 Å². The lowest BCUT2D eigenvalue weighted by molar-refractivity contribution is -0.117. The lowest BCUT2D eigenvalue weighted by atomic mass is 10.1. The largest absolute Gasteiger partial charge is 0.491 e. The molecule has 0 aliphatic carbocycles. The molecule has 148 valence electrons. The second-order valence-electron chi connectivity index (χ2n) is 6.06. The van der Waals surface area contributed by atoms with Crippen LogP contribution < -0.4 is 20.3 Å². The predicted octanol–water partition coefficient (Wildman–Crippen LogP) is 3.84. The highest BCUT2D eigenvalue weighted by molar-refractivity contribution is 6.32. The maximum absolute atomic E-state index is 12.2. The summed E-state index contributed by atoms with van der Waals surface area (Å²) in [5, 5.41) is 0.372. The zero-order valence-electron chi connectivity index (χ0n) is 16.3. The van der Waals surface area contributed by atoms with Crippen molar-refractivity contribution in [2.24, 2.45) is 0 Å². The molecule has 0 bridgehead atoms. The van der Waals surface area contributed by atoms with Crippen molar-refractivity contribution < 1.29 is 19.1 Å². The van der Waals surface area contributed by atoms with E-state index < -0.39 is 5.91 Å². The number of hydrazine groups is 1. The van der Waals surface area contributed by atoms with Gasteiger partial charge in [-0.1, -0.05) is 29.3 Å². The number of carbonyl (C=O) groups excluding carboxylic acids is 2. The van der Waals surface area contributed by atoms with Gasteiger partial charge in [-0.3, -0.25) is 20.4 Å². The number of ether oxygens (including phenoxy) is 2. The molecule has 0 fully saturated rings. The normalized spacial score (nSPS) is 10.6. The van der Waals surface area contributed by atoms with E-state index in [2.05, 4.69) is 10.9 Å². The van der Waals surface area contributed by atoms with Crippen LogP contribution in [0.4, 0.5) is 0 Å². The minimum absolute atomic E-state index is 0.372. The highest BCUT2D eigenvalue weighted by atomic mass is 35.5. The van der Waals surface area contributed by atoms with Crippen LogP contribution in [-0.4, -0.2) is 25.5 Å². The van der Waals surface area contributed by atoms with E-state index in [4.69, 9.17) is 21.1 Å². The summed E-state index contributed by atoms with van der Waals surface area (Å²) in [6.07, 6.45) is 2.85. The van der Waals surface area contributed by atoms with Crippen molar-refractivity contribution >= 4 is 29.5 Å². The fourth-order valence-corrected chi connectivity index (χ4v) is 2.91. The lowest BCUT2D eigenvalue weighted by Crippen LogP contribution is -2.41. The van der Waals surface area contributed by atoms with Gasteiger partial charge >= 0.3 is 0 Å². The molecular formula is C21H23ClN2O4. The maximum atomic E-state index is 12.2. The third-order valence-corrected chi connectivity index (χ3v) is 4.17. The number of aryl methyl sites for hydroxylation is 2. The van der Waals surface area contributed by atoms with Crippen LogP contribution in [-0.2, 0) is 4.79 Å². The van der Waals surface area contributed by atoms with Crippen LogP contribution in [0.2, 0.25) is 5.02 Å². The van der Waals surface area contributed by atoms with E-state index in [9.17, 15) is 9.59 Å². The summed E-state index contributed by atoms with van der Waals surface area (Å²) in [6, 6.07) is 8.83. The Balaban J connectivity index is 2.02. The number of nitrogens with one attached hydrogen (secondary N) is 2. The van der Waals surface area contributed by atoms with Gasteiger partial charge in [-0.05, 0) is 56.2 Å². The maximum Gasteiger partial charge on any atom is 0.269 e. The summed E-state index contributed by atoms with van der Waals surface area (Å²) < 4.78 is 10.7. The molecule has 0 atom stereocenters. The zero-order valence-corrected chi connectivity index (χ0v) is 17.0. The van der Waals surface area contributed by atoms with E-state index >= 15 is 0 Å². The molecule has 2 aromatic rings. The number of benzene rings is 2. The number of hydrogen-bond donors (Lipinski definition) is 2. The Hall–Kier alpha value is -2.99. The minimum atomic E-state index is -0.483. The molecule has 0 saturated carbocycles. The summed E-state index contributed by atoms with van der Waals surface area (Å²) in [4.78, 5) is 24.2. The first-order valence-corrected chi connectivity index (χ1v) is 9.09. The molecule has 2 amide bonds. The van der Waals surface area contributed by atoms with Crippen molar-refractivity contribution in [1.29, 1.82) is 0 Å². The number of rotatable bonds is 6. The highest BCUT2D eigenvalue weighted by Gasteiger charge is 2.11. The molecule has 0 aliphatic rings. The van der Waals surface area contributed by atoms with Gasteiger partial charge in [0.25, 0.3) is 11.8 Å². The Morgan fingerprint density at radius 3 is 2.54 bits per heavy atom. The van der Waals surface area contributed by atoms with Gasteiger partial charge in [0.2, 0.25) is 0 Å². The SMILES string of the molecule is CCOc1cc(/C=C/C(=O)NNC(=O)c2ccc(C)cc2C)cc(Cl)c1OC. The van der Waals surface area contributed by atoms with Crippen LogP contribution >= 0.6 is 11.6 Å². The summed E-state index contributed by atoms with van der Waals surface area (Å²) in [5.74, 6) is 0.0555. The monoisotopic (exact) mass is 402 g/mol. The van der Waals surface area contributed by atoms with Gasteiger partial charge in [0.15, 0.2) is 11.5 Å². The van der Waals surface area contributed by atoms with E-state index in [-0.39, 0.29) is 5.91 Å². The molecule has 0 aromatic heterocycles. The Morgan fingerprint density at radius 1 is 1.14 bits per heavy atom. The van der Waals surface area contributed by atoms with Gasteiger partial charge in [0.1, 0.15) is 0 Å². The fourth-order valence-electron chi connectivity index (χ4n) is 2.61. The number of methoxy groups -OCH3 is 1. The third kappa shape index (κ3) is 5.50. The van der Waals surface area contributed by atoms with Gasteiger partial charge in [-0.2, -0.15) is 0 Å². The number of halogens is 1. The van der Waals surface area contributed by atoms with Crippen molar-refractivity contribution in [3.63, 3.8) is 0 Å². The molecule has 7 heteroatoms. The van der Waals surface area contributed by atoms with Gasteiger partial charge in [-0.25, -0.2) is 0 Å². The van der Waals surface area contributed by atoms with E-state index in [0.29, 0.717) is 34.3 Å². The molecule has 2 aromatic carbocycles. The van der Waals surface area contributed by atoms with Crippen molar-refractivity contribution in [3.05, 3.63) is 63.7 Å². The van der Waals surface area contributed by atoms with Crippen LogP contribution in [0.5, 0.6) is 11.5 Å². The third-order valence-electron chi connectivity index (χ3n) is 3.89. The van der Waals surface area contributed by atoms with Crippen molar-refractivity contribution in [2.45, 2.75) is 20.8 Å². The van der Waals surface area contributed by atoms with E-state index in [0.717, 1.165) is 11.1 Å². The molecule has 2 rings (SSSR count). The molecular weight excluding hydrogens is 380 g/mol. The molecule has 28 heavy (non-hydrogen) atoms. The standard InChI is InChI=1S/C21H23ClN2O4/c1-5-28-18-12-15(11-17(22)20(18)27-4)7-9-19(25)23-24-21(26)16-8-6-13(2)10-14(16)3/h6-12H,5H2,1-4H3,(H,23,25)(H,24,26)/b9-7+. The quantitative estimate of drug-likeness (QED) is 0.568.